The molecule has 4 aromatic carbocycles. The van der Waals surface area contributed by atoms with Crippen molar-refractivity contribution < 1.29 is 19.7 Å². The van der Waals surface area contributed by atoms with E-state index in [2.05, 4.69) is 36.4 Å². The van der Waals surface area contributed by atoms with Crippen LogP contribution in [0.25, 0.3) is 32.3 Å². The summed E-state index contributed by atoms with van der Waals surface area (Å²) < 4.78 is 5.65. The number of hydrogen-bond donors (Lipinski definition) is 3. The van der Waals surface area contributed by atoms with Gasteiger partial charge in [-0.1, -0.05) is 99.2 Å². The van der Waals surface area contributed by atoms with E-state index < -0.39 is 12.1 Å². The van der Waals surface area contributed by atoms with E-state index in [1.54, 1.807) is 6.08 Å². The molecule has 4 aromatic rings. The molecule has 4 N–H and O–H groups in total. The van der Waals surface area contributed by atoms with Crippen molar-refractivity contribution in [3.8, 4) is 0 Å². The predicted molar refractivity (Wildman–Crippen MR) is 152 cm³/mol. The number of hydrogen-bond acceptors (Lipinski definition) is 5. The van der Waals surface area contributed by atoms with E-state index >= 15 is 0 Å². The fourth-order valence-corrected chi connectivity index (χ4v) is 5.07. The third kappa shape index (κ3) is 6.86. The highest BCUT2D eigenvalue weighted by molar-refractivity contribution is 6.25. The normalized spacial score (nSPS) is 13.7. The minimum absolute atomic E-state index is 0.213. The summed E-state index contributed by atoms with van der Waals surface area (Å²) in [6.45, 7) is 0.244. The maximum absolute atomic E-state index is 12.9. The first-order valence-electron chi connectivity index (χ1n) is 13.6. The lowest BCUT2D eigenvalue weighted by Crippen LogP contribution is -2.36. The van der Waals surface area contributed by atoms with Crippen LogP contribution >= 0.6 is 0 Å². The van der Waals surface area contributed by atoms with Gasteiger partial charge in [0.25, 0.3) is 0 Å². The molecule has 0 saturated heterocycles. The van der Waals surface area contributed by atoms with E-state index in [4.69, 9.17) is 15.6 Å². The van der Waals surface area contributed by atoms with Gasteiger partial charge in [0.1, 0.15) is 0 Å². The summed E-state index contributed by atoms with van der Waals surface area (Å²) in [6.07, 6.45) is 12.8. The maximum atomic E-state index is 12.9. The second-order valence-corrected chi connectivity index (χ2v) is 9.99. The van der Waals surface area contributed by atoms with E-state index in [1.807, 2.05) is 24.3 Å². The van der Waals surface area contributed by atoms with Gasteiger partial charge >= 0.3 is 5.97 Å². The number of aliphatic hydroxyl groups excluding tert-OH is 2. The van der Waals surface area contributed by atoms with Crippen LogP contribution in [-0.4, -0.2) is 41.5 Å². The third-order valence-electron chi connectivity index (χ3n) is 7.23. The minimum atomic E-state index is -0.773. The van der Waals surface area contributed by atoms with Crippen LogP contribution in [0, 0.1) is 0 Å². The zero-order valence-corrected chi connectivity index (χ0v) is 21.6. The highest BCUT2D eigenvalue weighted by atomic mass is 16.5. The van der Waals surface area contributed by atoms with Crippen LogP contribution in [0.15, 0.2) is 66.7 Å². The van der Waals surface area contributed by atoms with Gasteiger partial charge in [0.15, 0.2) is 0 Å². The van der Waals surface area contributed by atoms with Crippen LogP contribution in [0.5, 0.6) is 0 Å². The zero-order chi connectivity index (χ0) is 26.0. The Labute approximate surface area is 219 Å². The summed E-state index contributed by atoms with van der Waals surface area (Å²) in [6, 6.07) is 18.0. The molecule has 0 radical (unpaired) electrons. The highest BCUT2D eigenvalue weighted by Crippen LogP contribution is 2.36. The molecule has 0 saturated carbocycles. The number of carbonyl (C=O) groups excluding carboxylic acids is 1. The predicted octanol–water partition coefficient (Wildman–Crippen LogP) is 6.49. The van der Waals surface area contributed by atoms with Gasteiger partial charge in [0.2, 0.25) is 0 Å². The Kier molecular flexibility index (Phi) is 9.89. The van der Waals surface area contributed by atoms with Crippen LogP contribution in [0.1, 0.15) is 68.1 Å². The molecule has 0 aromatic heterocycles. The molecule has 2 atom stereocenters. The average molecular weight is 502 g/mol. The van der Waals surface area contributed by atoms with Crippen molar-refractivity contribution in [1.82, 2.24) is 0 Å². The number of rotatable bonds is 15. The lowest BCUT2D eigenvalue weighted by atomic mass is 9.92. The molecular weight excluding hydrogens is 462 g/mol. The van der Waals surface area contributed by atoms with Crippen LogP contribution < -0.4 is 5.73 Å². The van der Waals surface area contributed by atoms with E-state index in [0.29, 0.717) is 12.2 Å². The van der Waals surface area contributed by atoms with Gasteiger partial charge in [-0.15, -0.1) is 0 Å². The van der Waals surface area contributed by atoms with Crippen molar-refractivity contribution in [3.05, 3.63) is 72.3 Å². The first kappa shape index (κ1) is 27.1. The first-order valence-corrected chi connectivity index (χ1v) is 13.6. The molecule has 0 aliphatic rings. The van der Waals surface area contributed by atoms with Gasteiger partial charge in [-0.3, -0.25) is 0 Å². The monoisotopic (exact) mass is 501 g/mol. The first-order chi connectivity index (χ1) is 18.1. The van der Waals surface area contributed by atoms with Gasteiger partial charge in [-0.05, 0) is 57.6 Å². The molecule has 0 spiro atoms. The molecule has 0 aliphatic carbocycles. The number of esters is 1. The molecule has 37 heavy (non-hydrogen) atoms. The summed E-state index contributed by atoms with van der Waals surface area (Å²) in [5, 5.41) is 25.4. The van der Waals surface area contributed by atoms with Gasteiger partial charge in [-0.25, -0.2) is 4.79 Å². The molecule has 0 aliphatic heterocycles. The molecule has 4 rings (SSSR count). The van der Waals surface area contributed by atoms with Crippen LogP contribution in [-0.2, 0) is 4.74 Å². The number of allylic oxidation sites excluding steroid dienone is 1. The van der Waals surface area contributed by atoms with Crippen molar-refractivity contribution in [3.63, 3.8) is 0 Å². The van der Waals surface area contributed by atoms with Gasteiger partial charge in [-0.2, -0.15) is 0 Å². The highest BCUT2D eigenvalue weighted by Gasteiger charge is 2.16. The fraction of sp³-hybridized carbons (Fsp3) is 0.406. The second kappa shape index (κ2) is 13.5. The van der Waals surface area contributed by atoms with Crippen molar-refractivity contribution in [2.75, 3.05) is 13.2 Å². The molecule has 0 bridgehead atoms. The Morgan fingerprint density at radius 3 is 2.11 bits per heavy atom. The molecular formula is C32H39NO4. The minimum Gasteiger partial charge on any atom is -0.462 e. The van der Waals surface area contributed by atoms with Crippen molar-refractivity contribution in [1.29, 1.82) is 0 Å². The number of benzene rings is 4. The lowest BCUT2D eigenvalue weighted by Gasteiger charge is -2.13. The van der Waals surface area contributed by atoms with E-state index in [1.165, 1.54) is 41.8 Å². The fourth-order valence-electron chi connectivity index (χ4n) is 5.07. The summed E-state index contributed by atoms with van der Waals surface area (Å²) in [5.41, 5.74) is 6.21. The van der Waals surface area contributed by atoms with Crippen molar-refractivity contribution in [2.24, 2.45) is 5.73 Å². The average Bonchev–Trinajstić information content (AvgIpc) is 2.93. The molecule has 5 heteroatoms. The number of unbranched alkanes of at least 4 members (excludes halogenated alkanes) is 8. The van der Waals surface area contributed by atoms with E-state index in [-0.39, 0.29) is 12.6 Å². The van der Waals surface area contributed by atoms with Gasteiger partial charge in [0.05, 0.1) is 30.9 Å². The van der Waals surface area contributed by atoms with Crippen molar-refractivity contribution >= 4 is 38.3 Å². The van der Waals surface area contributed by atoms with E-state index in [9.17, 15) is 9.90 Å². The topological polar surface area (TPSA) is 92.8 Å². The SMILES string of the molecule is N[C@@H](CO)[C@H](O)C=CCCCCCCCCCCOC(=O)c1ccc2ccc3cccc4ccc1c2c34. The van der Waals surface area contributed by atoms with Gasteiger partial charge in [0, 0.05) is 0 Å². The third-order valence-corrected chi connectivity index (χ3v) is 7.23. The summed E-state index contributed by atoms with van der Waals surface area (Å²) >= 11 is 0. The quantitative estimate of drug-likeness (QED) is 0.0749. The molecule has 0 fully saturated rings. The second-order valence-electron chi connectivity index (χ2n) is 9.99. The molecule has 0 amide bonds. The maximum Gasteiger partial charge on any atom is 0.338 e. The molecule has 0 unspecified atom stereocenters. The molecule has 196 valence electrons. The largest absolute Gasteiger partial charge is 0.462 e. The number of aliphatic hydroxyl groups is 2. The van der Waals surface area contributed by atoms with Gasteiger partial charge < -0.3 is 20.7 Å². The summed E-state index contributed by atoms with van der Waals surface area (Å²) in [5.74, 6) is -0.238. The zero-order valence-electron chi connectivity index (χ0n) is 21.6. The Hall–Kier alpha value is -2.99. The Morgan fingerprint density at radius 2 is 1.41 bits per heavy atom. The van der Waals surface area contributed by atoms with Crippen LogP contribution in [0.2, 0.25) is 0 Å². The summed E-state index contributed by atoms with van der Waals surface area (Å²) in [4.78, 5) is 12.9. The van der Waals surface area contributed by atoms with Crippen molar-refractivity contribution in [2.45, 2.75) is 69.9 Å². The molecule has 5 nitrogen and oxygen atoms in total. The smallest absolute Gasteiger partial charge is 0.338 e. The van der Waals surface area contributed by atoms with Crippen LogP contribution in [0.4, 0.5) is 0 Å². The Balaban J connectivity index is 1.13. The Morgan fingerprint density at radius 1 is 0.811 bits per heavy atom. The number of carbonyl (C=O) groups is 1. The molecule has 0 heterocycles. The summed E-state index contributed by atoms with van der Waals surface area (Å²) in [7, 11) is 0. The van der Waals surface area contributed by atoms with Crippen LogP contribution in [0.3, 0.4) is 0 Å². The standard InChI is InChI=1S/C32H39NO4/c33-28(22-34)29(35)14-9-7-5-3-1-2-4-6-8-10-21-37-32(36)27-20-18-25-16-15-23-12-11-13-24-17-19-26(27)31(25)30(23)24/h9,11-20,28-29,34-35H,1-8,10,21-22,33H2/t28-,29+/m0/s1. The van der Waals surface area contributed by atoms with E-state index in [0.717, 1.165) is 48.3 Å². The number of ether oxygens (including phenoxy) is 1. The Bertz CT molecular complexity index is 1300. The number of nitrogens with two attached hydrogens (primary N) is 1. The lowest BCUT2D eigenvalue weighted by molar-refractivity contribution is 0.0500.